The summed E-state index contributed by atoms with van der Waals surface area (Å²) in [6.45, 7) is 2.82. The van der Waals surface area contributed by atoms with Gasteiger partial charge in [-0.3, -0.25) is 0 Å². The van der Waals surface area contributed by atoms with Gasteiger partial charge in [0, 0.05) is 16.9 Å². The Balaban J connectivity index is 2.12. The maximum absolute atomic E-state index is 5.72. The molecule has 0 atom stereocenters. The Morgan fingerprint density at radius 3 is 2.50 bits per heavy atom. The van der Waals surface area contributed by atoms with Crippen molar-refractivity contribution in [3.63, 3.8) is 0 Å². The summed E-state index contributed by atoms with van der Waals surface area (Å²) in [5.74, 6) is 0.875. The van der Waals surface area contributed by atoms with E-state index in [4.69, 9.17) is 22.7 Å². The molecule has 0 aliphatic rings. The molecule has 4 heteroatoms. The van der Waals surface area contributed by atoms with E-state index in [0.717, 1.165) is 35.7 Å². The van der Waals surface area contributed by atoms with Crippen LogP contribution in [0.5, 0.6) is 5.75 Å². The van der Waals surface area contributed by atoms with Crippen LogP contribution in [0.3, 0.4) is 0 Å². The Hall–Kier alpha value is -2.07. The molecule has 0 amide bonds. The zero-order chi connectivity index (χ0) is 14.4. The fourth-order valence-electron chi connectivity index (χ4n) is 1.82. The van der Waals surface area contributed by atoms with Gasteiger partial charge in [-0.1, -0.05) is 31.3 Å². The first-order valence-electron chi connectivity index (χ1n) is 6.59. The number of rotatable bonds is 6. The van der Waals surface area contributed by atoms with Crippen LogP contribution in [0.4, 0.5) is 11.4 Å². The molecule has 104 valence electrons. The molecule has 0 aromatic heterocycles. The molecule has 2 aromatic rings. The Morgan fingerprint density at radius 2 is 1.85 bits per heavy atom. The smallest absolute Gasteiger partial charge is 0.119 e. The maximum Gasteiger partial charge on any atom is 0.119 e. The summed E-state index contributed by atoms with van der Waals surface area (Å²) in [6, 6.07) is 15.6. The van der Waals surface area contributed by atoms with Crippen LogP contribution in [-0.2, 0) is 0 Å². The number of benzene rings is 2. The van der Waals surface area contributed by atoms with Gasteiger partial charge in [-0.25, -0.2) is 0 Å². The minimum Gasteiger partial charge on any atom is -0.494 e. The number of para-hydroxylation sites is 1. The van der Waals surface area contributed by atoms with Gasteiger partial charge in [0.1, 0.15) is 10.7 Å². The quantitative estimate of drug-likeness (QED) is 0.792. The molecule has 2 aromatic carbocycles. The van der Waals surface area contributed by atoms with Gasteiger partial charge in [0.15, 0.2) is 0 Å². The molecule has 0 aliphatic heterocycles. The molecule has 3 N–H and O–H groups in total. The van der Waals surface area contributed by atoms with Crippen LogP contribution >= 0.6 is 12.2 Å². The molecule has 0 unspecified atom stereocenters. The summed E-state index contributed by atoms with van der Waals surface area (Å²) in [4.78, 5) is 0.385. The zero-order valence-corrected chi connectivity index (χ0v) is 12.2. The largest absolute Gasteiger partial charge is 0.494 e. The second kappa shape index (κ2) is 6.91. The number of anilines is 2. The molecular weight excluding hydrogens is 268 g/mol. The predicted octanol–water partition coefficient (Wildman–Crippen LogP) is 3.85. The Kier molecular flexibility index (Phi) is 4.96. The highest BCUT2D eigenvalue weighted by atomic mass is 32.1. The van der Waals surface area contributed by atoms with Crippen LogP contribution in [0, 0.1) is 0 Å². The summed E-state index contributed by atoms with van der Waals surface area (Å²) >= 11 is 5.05. The van der Waals surface area contributed by atoms with E-state index in [2.05, 4.69) is 12.2 Å². The molecular formula is C16H18N2OS. The topological polar surface area (TPSA) is 47.3 Å². The zero-order valence-electron chi connectivity index (χ0n) is 11.4. The second-order valence-corrected chi connectivity index (χ2v) is 4.85. The number of hydrogen-bond donors (Lipinski definition) is 2. The fraction of sp³-hybridized carbons (Fsp3) is 0.188. The lowest BCUT2D eigenvalue weighted by atomic mass is 10.1. The summed E-state index contributed by atoms with van der Waals surface area (Å²) in [5.41, 5.74) is 8.43. The van der Waals surface area contributed by atoms with Crippen molar-refractivity contribution in [2.45, 2.75) is 13.3 Å². The first kappa shape index (κ1) is 14.3. The van der Waals surface area contributed by atoms with Gasteiger partial charge < -0.3 is 15.8 Å². The predicted molar refractivity (Wildman–Crippen MR) is 87.8 cm³/mol. The van der Waals surface area contributed by atoms with Crippen LogP contribution in [0.25, 0.3) is 0 Å². The highest BCUT2D eigenvalue weighted by Gasteiger charge is 2.04. The number of ether oxygens (including phenoxy) is 1. The van der Waals surface area contributed by atoms with Crippen molar-refractivity contribution in [1.29, 1.82) is 0 Å². The van der Waals surface area contributed by atoms with E-state index in [-0.39, 0.29) is 0 Å². The molecule has 3 nitrogen and oxygen atoms in total. The summed E-state index contributed by atoms with van der Waals surface area (Å²) < 4.78 is 5.55. The first-order valence-corrected chi connectivity index (χ1v) is 7.00. The Bertz CT molecular complexity index is 581. The maximum atomic E-state index is 5.72. The number of nitrogens with two attached hydrogens (primary N) is 1. The monoisotopic (exact) mass is 286 g/mol. The van der Waals surface area contributed by atoms with E-state index in [1.807, 2.05) is 48.5 Å². The van der Waals surface area contributed by atoms with Crippen LogP contribution in [0.15, 0.2) is 48.5 Å². The molecule has 2 rings (SSSR count). The average Bonchev–Trinajstić information content (AvgIpc) is 2.47. The van der Waals surface area contributed by atoms with Crippen LogP contribution < -0.4 is 15.8 Å². The highest BCUT2D eigenvalue weighted by molar-refractivity contribution is 7.80. The van der Waals surface area contributed by atoms with Gasteiger partial charge in [-0.05, 0) is 42.8 Å². The van der Waals surface area contributed by atoms with Gasteiger partial charge in [0.25, 0.3) is 0 Å². The van der Waals surface area contributed by atoms with E-state index >= 15 is 0 Å². The van der Waals surface area contributed by atoms with E-state index in [1.54, 1.807) is 0 Å². The van der Waals surface area contributed by atoms with E-state index in [9.17, 15) is 0 Å². The van der Waals surface area contributed by atoms with Crippen molar-refractivity contribution in [2.75, 3.05) is 11.9 Å². The van der Waals surface area contributed by atoms with Crippen LogP contribution in [0.1, 0.15) is 18.9 Å². The SMILES string of the molecule is CCCOc1ccc(Nc2ccccc2C(N)=S)cc1. The Morgan fingerprint density at radius 1 is 1.15 bits per heavy atom. The van der Waals surface area contributed by atoms with Gasteiger partial charge >= 0.3 is 0 Å². The molecule has 0 saturated carbocycles. The average molecular weight is 286 g/mol. The lowest BCUT2D eigenvalue weighted by molar-refractivity contribution is 0.317. The third-order valence-corrected chi connectivity index (χ3v) is 3.02. The van der Waals surface area contributed by atoms with Gasteiger partial charge in [0.05, 0.1) is 6.61 Å². The first-order chi connectivity index (χ1) is 9.70. The van der Waals surface area contributed by atoms with Crippen molar-refractivity contribution in [2.24, 2.45) is 5.73 Å². The third-order valence-electron chi connectivity index (χ3n) is 2.80. The summed E-state index contributed by atoms with van der Waals surface area (Å²) in [7, 11) is 0. The molecule has 0 radical (unpaired) electrons. The molecule has 0 spiro atoms. The number of nitrogens with one attached hydrogen (secondary N) is 1. The molecule has 0 fully saturated rings. The fourth-order valence-corrected chi connectivity index (χ4v) is 1.99. The molecule has 20 heavy (non-hydrogen) atoms. The van der Waals surface area contributed by atoms with Crippen molar-refractivity contribution in [3.05, 3.63) is 54.1 Å². The molecule has 0 bridgehead atoms. The molecule has 0 aliphatic carbocycles. The third kappa shape index (κ3) is 3.71. The van der Waals surface area contributed by atoms with Gasteiger partial charge in [0.2, 0.25) is 0 Å². The normalized spacial score (nSPS) is 10.1. The second-order valence-electron chi connectivity index (χ2n) is 4.41. The van der Waals surface area contributed by atoms with E-state index in [1.165, 1.54) is 0 Å². The van der Waals surface area contributed by atoms with Crippen LogP contribution in [0.2, 0.25) is 0 Å². The summed E-state index contributed by atoms with van der Waals surface area (Å²) in [6.07, 6.45) is 1.00. The van der Waals surface area contributed by atoms with E-state index in [0.29, 0.717) is 4.99 Å². The lowest BCUT2D eigenvalue weighted by Crippen LogP contribution is -2.11. The Labute approximate surface area is 124 Å². The molecule has 0 heterocycles. The van der Waals surface area contributed by atoms with Crippen molar-refractivity contribution in [3.8, 4) is 5.75 Å². The van der Waals surface area contributed by atoms with Gasteiger partial charge in [-0.15, -0.1) is 0 Å². The number of thiocarbonyl (C=S) groups is 1. The number of hydrogen-bond acceptors (Lipinski definition) is 3. The van der Waals surface area contributed by atoms with Crippen molar-refractivity contribution < 1.29 is 4.74 Å². The van der Waals surface area contributed by atoms with Crippen molar-refractivity contribution >= 4 is 28.6 Å². The summed E-state index contributed by atoms with van der Waals surface area (Å²) in [5, 5.41) is 3.31. The van der Waals surface area contributed by atoms with Gasteiger partial charge in [-0.2, -0.15) is 0 Å². The standard InChI is InChI=1S/C16H18N2OS/c1-2-11-19-13-9-7-12(8-10-13)18-15-6-4-3-5-14(15)16(17)20/h3-10,18H,2,11H2,1H3,(H2,17,20). The highest BCUT2D eigenvalue weighted by Crippen LogP contribution is 2.23. The van der Waals surface area contributed by atoms with E-state index < -0.39 is 0 Å². The van der Waals surface area contributed by atoms with Crippen LogP contribution in [-0.4, -0.2) is 11.6 Å². The van der Waals surface area contributed by atoms with Crippen molar-refractivity contribution in [1.82, 2.24) is 0 Å². The minimum absolute atomic E-state index is 0.385. The lowest BCUT2D eigenvalue weighted by Gasteiger charge is -2.11. The molecule has 0 saturated heterocycles. The minimum atomic E-state index is 0.385.